The van der Waals surface area contributed by atoms with Gasteiger partial charge >= 0.3 is 23.9 Å². The Hall–Kier alpha value is -5.50. The summed E-state index contributed by atoms with van der Waals surface area (Å²) in [6.45, 7) is 0. The van der Waals surface area contributed by atoms with Gasteiger partial charge in [-0.15, -0.1) is 0 Å². The third-order valence-corrected chi connectivity index (χ3v) is 5.98. The van der Waals surface area contributed by atoms with Crippen LogP contribution in [0.15, 0.2) is 97.1 Å². The number of rotatable bonds is 4. The molecule has 0 spiro atoms. The highest BCUT2D eigenvalue weighted by molar-refractivity contribution is 6.13. The zero-order chi connectivity index (χ0) is 26.8. The summed E-state index contributed by atoms with van der Waals surface area (Å²) >= 11 is 0. The predicted octanol–water partition coefficient (Wildman–Crippen LogP) is 5.40. The van der Waals surface area contributed by atoms with Crippen LogP contribution in [0.1, 0.15) is 41.4 Å². The zero-order valence-electron chi connectivity index (χ0n) is 19.6. The Labute approximate surface area is 215 Å². The van der Waals surface area contributed by atoms with E-state index in [0.29, 0.717) is 21.5 Å². The van der Waals surface area contributed by atoms with E-state index in [1.807, 2.05) is 0 Å². The summed E-state index contributed by atoms with van der Waals surface area (Å²) in [5.74, 6) is -5.33. The Kier molecular flexibility index (Phi) is 6.28. The van der Waals surface area contributed by atoms with Crippen molar-refractivity contribution in [1.82, 2.24) is 0 Å². The van der Waals surface area contributed by atoms with Gasteiger partial charge in [-0.2, -0.15) is 0 Å². The maximum Gasteiger partial charge on any atom is 0.349 e. The van der Waals surface area contributed by atoms with Crippen molar-refractivity contribution in [2.24, 2.45) is 0 Å². The number of carbonyl (C=O) groups is 4. The molecule has 0 saturated carbocycles. The van der Waals surface area contributed by atoms with Gasteiger partial charge in [0.1, 0.15) is 22.6 Å². The first kappa shape index (κ1) is 24.2. The van der Waals surface area contributed by atoms with E-state index in [1.54, 1.807) is 60.7 Å². The molecule has 0 aliphatic rings. The van der Waals surface area contributed by atoms with Gasteiger partial charge in [-0.05, 0) is 35.0 Å². The fraction of sp³-hybridized carbons (Fsp3) is 0. The monoisotopic (exact) mass is 506 g/mol. The number of benzene rings is 5. The Bertz CT molecular complexity index is 1640. The average Bonchev–Trinajstić information content (AvgIpc) is 2.93. The van der Waals surface area contributed by atoms with Crippen LogP contribution in [0.4, 0.5) is 0 Å². The van der Waals surface area contributed by atoms with E-state index in [4.69, 9.17) is 9.47 Å². The van der Waals surface area contributed by atoms with Crippen molar-refractivity contribution in [3.8, 4) is 11.5 Å². The quantitative estimate of drug-likeness (QED) is 0.245. The van der Waals surface area contributed by atoms with Gasteiger partial charge in [-0.25, -0.2) is 19.2 Å². The third kappa shape index (κ3) is 4.42. The van der Waals surface area contributed by atoms with E-state index in [0.717, 1.165) is 0 Å². The van der Waals surface area contributed by atoms with Gasteiger partial charge in [-0.3, -0.25) is 0 Å². The van der Waals surface area contributed by atoms with Gasteiger partial charge in [0, 0.05) is 10.8 Å². The Morgan fingerprint density at radius 3 is 1.18 bits per heavy atom. The van der Waals surface area contributed by atoms with Gasteiger partial charge in [-0.1, -0.05) is 72.8 Å². The van der Waals surface area contributed by atoms with Crippen molar-refractivity contribution in [3.05, 3.63) is 119 Å². The Morgan fingerprint density at radius 2 is 0.763 bits per heavy atom. The molecular formula is C30H18O8. The summed E-state index contributed by atoms with van der Waals surface area (Å²) in [4.78, 5) is 51.0. The molecule has 38 heavy (non-hydrogen) atoms. The van der Waals surface area contributed by atoms with Crippen molar-refractivity contribution in [1.29, 1.82) is 0 Å². The van der Waals surface area contributed by atoms with Crippen LogP contribution in [0.3, 0.4) is 0 Å². The lowest BCUT2D eigenvalue weighted by Gasteiger charge is -2.10. The summed E-state index contributed by atoms with van der Waals surface area (Å²) in [6, 6.07) is 24.8. The minimum atomic E-state index is -1.18. The number of carbonyl (C=O) groups excluding carboxylic acids is 4. The van der Waals surface area contributed by atoms with E-state index in [2.05, 4.69) is 0 Å². The SMILES string of the molecule is O=C(OC(=O)c1ccc2ccccc2c1O)c1ccccc1C(=O)OC(=O)c1ccc2ccccc2c1O. The van der Waals surface area contributed by atoms with Crippen LogP contribution in [0, 0.1) is 0 Å². The molecule has 0 aliphatic carbocycles. The van der Waals surface area contributed by atoms with Crippen LogP contribution in [-0.2, 0) is 9.47 Å². The highest BCUT2D eigenvalue weighted by atomic mass is 16.6. The van der Waals surface area contributed by atoms with Crippen molar-refractivity contribution in [2.45, 2.75) is 0 Å². The van der Waals surface area contributed by atoms with Crippen molar-refractivity contribution in [2.75, 3.05) is 0 Å². The smallest absolute Gasteiger partial charge is 0.349 e. The molecule has 0 radical (unpaired) electrons. The van der Waals surface area contributed by atoms with E-state index < -0.39 is 23.9 Å². The summed E-state index contributed by atoms with van der Waals surface area (Å²) < 4.78 is 9.86. The second-order valence-electron chi connectivity index (χ2n) is 8.27. The van der Waals surface area contributed by atoms with Crippen LogP contribution in [0.5, 0.6) is 11.5 Å². The molecule has 0 atom stereocenters. The highest BCUT2D eigenvalue weighted by Gasteiger charge is 2.26. The predicted molar refractivity (Wildman–Crippen MR) is 137 cm³/mol. The number of esters is 4. The maximum atomic E-state index is 12.8. The van der Waals surface area contributed by atoms with E-state index >= 15 is 0 Å². The number of phenolic OH excluding ortho intramolecular Hbond substituents is 2. The van der Waals surface area contributed by atoms with Crippen LogP contribution in [0.2, 0.25) is 0 Å². The minimum absolute atomic E-state index is 0.237. The summed E-state index contributed by atoms with van der Waals surface area (Å²) in [5, 5.41) is 23.2. The van der Waals surface area contributed by atoms with Gasteiger partial charge in [0.25, 0.3) is 0 Å². The summed E-state index contributed by atoms with van der Waals surface area (Å²) in [7, 11) is 0. The van der Waals surface area contributed by atoms with Gasteiger partial charge in [0.05, 0.1) is 11.1 Å². The van der Waals surface area contributed by atoms with Crippen LogP contribution < -0.4 is 0 Å². The Morgan fingerprint density at radius 1 is 0.421 bits per heavy atom. The molecule has 5 aromatic rings. The van der Waals surface area contributed by atoms with Crippen molar-refractivity contribution < 1.29 is 38.9 Å². The minimum Gasteiger partial charge on any atom is -0.506 e. The standard InChI is InChI=1S/C30H18O8/c31-25-19-9-3-1-7-17(19)13-15-23(25)29(35)37-27(33)21-11-5-6-12-22(21)28(34)38-30(36)24-16-14-18-8-2-4-10-20(18)26(24)32/h1-16,31-32H. The molecule has 5 rings (SSSR count). The van der Waals surface area contributed by atoms with E-state index in [9.17, 15) is 29.4 Å². The molecule has 0 aromatic heterocycles. The largest absolute Gasteiger partial charge is 0.506 e. The second kappa shape index (κ2) is 9.87. The fourth-order valence-corrected chi connectivity index (χ4v) is 4.07. The molecule has 8 nitrogen and oxygen atoms in total. The molecule has 2 N–H and O–H groups in total. The molecule has 8 heteroatoms. The molecule has 0 amide bonds. The molecule has 0 unspecified atom stereocenters. The third-order valence-electron chi connectivity index (χ3n) is 5.98. The van der Waals surface area contributed by atoms with Gasteiger partial charge < -0.3 is 19.7 Å². The molecule has 0 aliphatic heterocycles. The Balaban J connectivity index is 1.37. The fourth-order valence-electron chi connectivity index (χ4n) is 4.07. The number of aromatic hydroxyl groups is 2. The van der Waals surface area contributed by atoms with Crippen molar-refractivity contribution in [3.63, 3.8) is 0 Å². The van der Waals surface area contributed by atoms with Crippen molar-refractivity contribution >= 4 is 45.4 Å². The number of phenols is 2. The molecule has 0 fully saturated rings. The van der Waals surface area contributed by atoms with Crippen LogP contribution >= 0.6 is 0 Å². The second-order valence-corrected chi connectivity index (χ2v) is 8.27. The van der Waals surface area contributed by atoms with E-state index in [-0.39, 0.29) is 33.8 Å². The molecule has 5 aromatic carbocycles. The maximum absolute atomic E-state index is 12.8. The average molecular weight is 506 g/mol. The van der Waals surface area contributed by atoms with Crippen LogP contribution in [0.25, 0.3) is 21.5 Å². The number of hydrogen-bond acceptors (Lipinski definition) is 8. The lowest BCUT2D eigenvalue weighted by atomic mass is 10.0. The topological polar surface area (TPSA) is 127 Å². The summed E-state index contributed by atoms with van der Waals surface area (Å²) in [6.07, 6.45) is 0. The van der Waals surface area contributed by atoms with Gasteiger partial charge in [0.15, 0.2) is 0 Å². The first-order valence-corrected chi connectivity index (χ1v) is 11.4. The van der Waals surface area contributed by atoms with E-state index in [1.165, 1.54) is 36.4 Å². The van der Waals surface area contributed by atoms with Gasteiger partial charge in [0.2, 0.25) is 0 Å². The zero-order valence-corrected chi connectivity index (χ0v) is 19.6. The number of hydrogen-bond donors (Lipinski definition) is 2. The number of ether oxygens (including phenoxy) is 2. The molecule has 186 valence electrons. The lowest BCUT2D eigenvalue weighted by Crippen LogP contribution is -2.19. The number of fused-ring (bicyclic) bond motifs is 2. The normalized spacial score (nSPS) is 10.7. The molecular weight excluding hydrogens is 488 g/mol. The first-order chi connectivity index (χ1) is 18.3. The highest BCUT2D eigenvalue weighted by Crippen LogP contribution is 2.30. The molecule has 0 heterocycles. The summed E-state index contributed by atoms with van der Waals surface area (Å²) in [5.41, 5.74) is -1.14. The first-order valence-electron chi connectivity index (χ1n) is 11.4. The molecule has 0 saturated heterocycles. The lowest BCUT2D eigenvalue weighted by molar-refractivity contribution is 0.0354. The van der Waals surface area contributed by atoms with Crippen LogP contribution in [-0.4, -0.2) is 34.1 Å². The molecule has 0 bridgehead atoms.